The van der Waals surface area contributed by atoms with Gasteiger partial charge in [-0.25, -0.2) is 0 Å². The summed E-state index contributed by atoms with van der Waals surface area (Å²) in [5.74, 6) is 0. The molecule has 0 spiro atoms. The summed E-state index contributed by atoms with van der Waals surface area (Å²) in [5, 5.41) is 23.7. The smallest absolute Gasteiger partial charge is 0.136 e. The van der Waals surface area contributed by atoms with Gasteiger partial charge in [0.05, 0.1) is 66.9 Å². The molecule has 5 heterocycles. The van der Waals surface area contributed by atoms with Crippen molar-refractivity contribution in [3.63, 3.8) is 0 Å². The van der Waals surface area contributed by atoms with E-state index in [0.717, 1.165) is 143 Å². The normalized spacial score (nSPS) is 12.1. The highest BCUT2D eigenvalue weighted by molar-refractivity contribution is 6.20. The third kappa shape index (κ3) is 5.29. The molecule has 0 aliphatic rings. The first-order valence-electron chi connectivity index (χ1n) is 24.8. The van der Waals surface area contributed by atoms with Crippen LogP contribution < -0.4 is 0 Å². The largest absolute Gasteiger partial charge is 0.456 e. The van der Waals surface area contributed by atoms with E-state index in [0.29, 0.717) is 5.56 Å². The summed E-state index contributed by atoms with van der Waals surface area (Å²) >= 11 is 0. The molecular weight excluding hydrogens is 891 g/mol. The minimum absolute atomic E-state index is 0.528. The number of hydrogen-bond acceptors (Lipinski definition) is 2. The minimum atomic E-state index is 0.528. The molecule has 5 aromatic heterocycles. The number of rotatable bonds is 5. The Morgan fingerprint density at radius 1 is 0.274 bits per heavy atom. The average molecular weight is 930 g/mol. The van der Waals surface area contributed by atoms with Gasteiger partial charge in [0.2, 0.25) is 0 Å². The molecule has 6 heteroatoms. The van der Waals surface area contributed by atoms with Gasteiger partial charge in [-0.1, -0.05) is 176 Å². The molecule has 6 nitrogen and oxygen atoms in total. The number of fused-ring (bicyclic) bond motifs is 15. The van der Waals surface area contributed by atoms with E-state index in [9.17, 15) is 5.26 Å². The van der Waals surface area contributed by atoms with E-state index in [1.165, 1.54) is 0 Å². The predicted molar refractivity (Wildman–Crippen MR) is 301 cm³/mol. The van der Waals surface area contributed by atoms with E-state index >= 15 is 0 Å². The summed E-state index contributed by atoms with van der Waals surface area (Å²) in [5.41, 5.74) is 15.4. The Hall–Kier alpha value is -10.1. The lowest BCUT2D eigenvalue weighted by atomic mass is 9.91. The molecule has 0 fully saturated rings. The maximum Gasteiger partial charge on any atom is 0.136 e. The van der Waals surface area contributed by atoms with Crippen LogP contribution in [0.2, 0.25) is 0 Å². The van der Waals surface area contributed by atoms with Crippen molar-refractivity contribution in [3.8, 4) is 39.9 Å². The van der Waals surface area contributed by atoms with E-state index in [2.05, 4.69) is 255 Å². The lowest BCUT2D eigenvalue weighted by Gasteiger charge is -2.29. The van der Waals surface area contributed by atoms with Gasteiger partial charge in [-0.2, -0.15) is 5.26 Å². The highest BCUT2D eigenvalue weighted by atomic mass is 16.3. The highest BCUT2D eigenvalue weighted by Gasteiger charge is 2.35. The lowest BCUT2D eigenvalue weighted by molar-refractivity contribution is 0.669. The molecule has 0 saturated heterocycles. The molecule has 0 amide bonds. The standard InChI is InChI=1S/C67H39N5O/c68-40-51-64(69-52-30-10-1-20-41(52)42-21-2-11-31-53(42)69)66(71-56-34-14-5-24-45(56)46-25-6-15-35-57(46)71)63(50-29-19-39-61-62(50)49-28-9-18-38-60(49)73-61)67(72-58-36-16-7-26-47(58)48-27-8-17-37-59(48)72)65(51)70-54-32-12-3-22-43(54)44-23-4-13-33-55(44)70/h1-39H. The number of benzene rings is 11. The Morgan fingerprint density at radius 2 is 0.548 bits per heavy atom. The van der Waals surface area contributed by atoms with Crippen LogP contribution in [0.4, 0.5) is 0 Å². The molecular formula is C67H39N5O. The van der Waals surface area contributed by atoms with E-state index in [4.69, 9.17) is 4.42 Å². The number of para-hydroxylation sites is 9. The zero-order valence-electron chi connectivity index (χ0n) is 39.2. The first-order chi connectivity index (χ1) is 36.3. The molecule has 73 heavy (non-hydrogen) atoms. The second kappa shape index (κ2) is 15.0. The summed E-state index contributed by atoms with van der Waals surface area (Å²) < 4.78 is 16.5. The first-order valence-corrected chi connectivity index (χ1v) is 24.8. The van der Waals surface area contributed by atoms with Crippen LogP contribution in [0.15, 0.2) is 241 Å². The molecule has 0 aliphatic carbocycles. The second-order valence-electron chi connectivity index (χ2n) is 19.0. The van der Waals surface area contributed by atoms with Crippen LogP contribution in [0.5, 0.6) is 0 Å². The molecule has 16 rings (SSSR count). The monoisotopic (exact) mass is 929 g/mol. The Kier molecular flexibility index (Phi) is 8.14. The van der Waals surface area contributed by atoms with Gasteiger partial charge >= 0.3 is 0 Å². The fraction of sp³-hybridized carbons (Fsp3) is 0. The fourth-order valence-corrected chi connectivity index (χ4v) is 12.6. The maximum absolute atomic E-state index is 12.8. The van der Waals surface area contributed by atoms with Crippen LogP contribution in [0.1, 0.15) is 5.56 Å². The molecule has 0 bridgehead atoms. The van der Waals surface area contributed by atoms with E-state index in [-0.39, 0.29) is 0 Å². The molecule has 0 radical (unpaired) electrons. The van der Waals surface area contributed by atoms with Crippen LogP contribution in [-0.2, 0) is 0 Å². The van der Waals surface area contributed by atoms with Crippen molar-refractivity contribution in [2.75, 3.05) is 0 Å². The van der Waals surface area contributed by atoms with Crippen molar-refractivity contribution in [3.05, 3.63) is 242 Å². The van der Waals surface area contributed by atoms with Crippen molar-refractivity contribution in [2.45, 2.75) is 0 Å². The third-order valence-corrected chi connectivity index (χ3v) is 15.4. The molecule has 0 N–H and O–H groups in total. The van der Waals surface area contributed by atoms with Crippen molar-refractivity contribution >= 4 is 109 Å². The molecule has 338 valence electrons. The van der Waals surface area contributed by atoms with Crippen LogP contribution in [0.25, 0.3) is 143 Å². The Morgan fingerprint density at radius 3 is 0.877 bits per heavy atom. The van der Waals surface area contributed by atoms with Crippen LogP contribution in [0, 0.1) is 11.3 Å². The first kappa shape index (κ1) is 39.7. The number of aromatic nitrogens is 4. The van der Waals surface area contributed by atoms with Crippen LogP contribution >= 0.6 is 0 Å². The summed E-state index contributed by atoms with van der Waals surface area (Å²) in [6.07, 6.45) is 0. The molecule has 0 saturated carbocycles. The molecule has 0 aliphatic heterocycles. The number of nitrogens with zero attached hydrogens (tertiary/aromatic N) is 5. The fourth-order valence-electron chi connectivity index (χ4n) is 12.6. The number of hydrogen-bond donors (Lipinski definition) is 0. The quantitative estimate of drug-likeness (QED) is 0.173. The van der Waals surface area contributed by atoms with E-state index in [1.807, 2.05) is 6.07 Å². The predicted octanol–water partition coefficient (Wildman–Crippen LogP) is 17.5. The zero-order valence-corrected chi connectivity index (χ0v) is 39.2. The molecule has 11 aromatic carbocycles. The van der Waals surface area contributed by atoms with E-state index < -0.39 is 0 Å². The molecule has 0 unspecified atom stereocenters. The summed E-state index contributed by atoms with van der Waals surface area (Å²) in [4.78, 5) is 0. The van der Waals surface area contributed by atoms with Gasteiger partial charge in [0, 0.05) is 59.4 Å². The average Bonchev–Trinajstić information content (AvgIpc) is 4.25. The van der Waals surface area contributed by atoms with Crippen LogP contribution in [0.3, 0.4) is 0 Å². The molecule has 0 atom stereocenters. The minimum Gasteiger partial charge on any atom is -0.456 e. The van der Waals surface area contributed by atoms with Gasteiger partial charge in [0.1, 0.15) is 22.8 Å². The SMILES string of the molecule is N#Cc1c(-n2c3ccccc3c3ccccc32)c(-n2c3ccccc3c3ccccc32)c(-c2cccc3oc4ccccc4c23)c(-n2c3ccccc3c3ccccc32)c1-n1c2ccccc2c2ccccc21. The number of nitriles is 1. The van der Waals surface area contributed by atoms with Crippen LogP contribution in [-0.4, -0.2) is 18.3 Å². The van der Waals surface area contributed by atoms with Crippen molar-refractivity contribution < 1.29 is 4.42 Å². The van der Waals surface area contributed by atoms with Gasteiger partial charge in [0.25, 0.3) is 0 Å². The lowest BCUT2D eigenvalue weighted by Crippen LogP contribution is -2.16. The van der Waals surface area contributed by atoms with Gasteiger partial charge < -0.3 is 22.7 Å². The maximum atomic E-state index is 12.8. The van der Waals surface area contributed by atoms with Gasteiger partial charge in [-0.05, 0) is 66.2 Å². The third-order valence-electron chi connectivity index (χ3n) is 15.4. The van der Waals surface area contributed by atoms with Gasteiger partial charge in [0.15, 0.2) is 0 Å². The second-order valence-corrected chi connectivity index (χ2v) is 19.0. The van der Waals surface area contributed by atoms with Gasteiger partial charge in [-0.15, -0.1) is 0 Å². The van der Waals surface area contributed by atoms with E-state index in [1.54, 1.807) is 0 Å². The Balaban J connectivity index is 1.30. The van der Waals surface area contributed by atoms with Gasteiger partial charge in [-0.3, -0.25) is 0 Å². The highest BCUT2D eigenvalue weighted by Crippen LogP contribution is 2.53. The zero-order chi connectivity index (χ0) is 47.9. The summed E-state index contributed by atoms with van der Waals surface area (Å²) in [6.45, 7) is 0. The molecule has 16 aromatic rings. The Labute approximate surface area is 417 Å². The summed E-state index contributed by atoms with van der Waals surface area (Å²) in [7, 11) is 0. The van der Waals surface area contributed by atoms with Crippen molar-refractivity contribution in [1.82, 2.24) is 18.3 Å². The Bertz CT molecular complexity index is 4600. The topological polar surface area (TPSA) is 56.6 Å². The van der Waals surface area contributed by atoms with Crippen molar-refractivity contribution in [2.24, 2.45) is 0 Å². The number of furan rings is 1. The summed E-state index contributed by atoms with van der Waals surface area (Å²) in [6, 6.07) is 87.4. The van der Waals surface area contributed by atoms with Crippen molar-refractivity contribution in [1.29, 1.82) is 5.26 Å².